The monoisotopic (exact) mass is 341 g/mol. The maximum atomic E-state index is 13.2. The van der Waals surface area contributed by atoms with Gasteiger partial charge in [-0.25, -0.2) is 0 Å². The van der Waals surface area contributed by atoms with E-state index in [1.807, 2.05) is 50.2 Å². The number of hydrogen-bond donors (Lipinski definition) is 0. The van der Waals surface area contributed by atoms with E-state index in [9.17, 15) is 4.79 Å². The van der Waals surface area contributed by atoms with Crippen molar-refractivity contribution in [1.29, 1.82) is 0 Å². The zero-order chi connectivity index (χ0) is 18.1. The number of aromatic nitrogens is 3. The minimum absolute atomic E-state index is 0.0743. The van der Waals surface area contributed by atoms with Crippen molar-refractivity contribution in [3.63, 3.8) is 0 Å². The van der Waals surface area contributed by atoms with Crippen LogP contribution in [0.4, 0.5) is 0 Å². The Balaban J connectivity index is 1.89. The second-order valence-corrected chi connectivity index (χ2v) is 7.29. The van der Waals surface area contributed by atoms with Gasteiger partial charge in [0.2, 0.25) is 0 Å². The summed E-state index contributed by atoms with van der Waals surface area (Å²) in [5, 5.41) is 8.71. The Labute approximate surface area is 149 Å². The van der Waals surface area contributed by atoms with Crippen molar-refractivity contribution in [3.8, 4) is 0 Å². The molecule has 0 radical (unpaired) electrons. The van der Waals surface area contributed by atoms with E-state index in [0.717, 1.165) is 35.9 Å². The fraction of sp³-hybridized carbons (Fsp3) is 0.526. The molecule has 0 fully saturated rings. The molecular weight excluding hydrogens is 314 g/mol. The van der Waals surface area contributed by atoms with Crippen molar-refractivity contribution in [1.82, 2.24) is 24.6 Å². The first kappa shape index (κ1) is 17.6. The Hall–Kier alpha value is -2.21. The van der Waals surface area contributed by atoms with Crippen LogP contribution < -0.4 is 0 Å². The van der Waals surface area contributed by atoms with Crippen LogP contribution in [0.2, 0.25) is 0 Å². The standard InChI is InChI=1S/C19H27N5O/c1-13(2)17-20-21-18-14(3)23(10-11-24(17)18)19(25)16-9-7-6-8-15(16)12-22(4)5/h6-9,13-14H,10-12H2,1-5H3. The Bertz CT molecular complexity index is 765. The molecule has 1 aromatic heterocycles. The summed E-state index contributed by atoms with van der Waals surface area (Å²) < 4.78 is 2.17. The van der Waals surface area contributed by atoms with Gasteiger partial charge in [0.05, 0.1) is 6.04 Å². The molecule has 0 bridgehead atoms. The van der Waals surface area contributed by atoms with Crippen LogP contribution in [0, 0.1) is 0 Å². The van der Waals surface area contributed by atoms with Crippen molar-refractivity contribution < 1.29 is 4.79 Å². The molecule has 2 heterocycles. The number of carbonyl (C=O) groups is 1. The predicted octanol–water partition coefficient (Wildman–Crippen LogP) is 2.68. The lowest BCUT2D eigenvalue weighted by Crippen LogP contribution is -2.42. The number of fused-ring (bicyclic) bond motifs is 1. The van der Waals surface area contributed by atoms with Gasteiger partial charge in [0.15, 0.2) is 5.82 Å². The van der Waals surface area contributed by atoms with Crippen LogP contribution in [0.5, 0.6) is 0 Å². The fourth-order valence-corrected chi connectivity index (χ4v) is 3.47. The van der Waals surface area contributed by atoms with Gasteiger partial charge in [-0.2, -0.15) is 0 Å². The van der Waals surface area contributed by atoms with E-state index in [2.05, 4.69) is 33.5 Å². The number of rotatable bonds is 4. The van der Waals surface area contributed by atoms with Gasteiger partial charge < -0.3 is 14.4 Å². The lowest BCUT2D eigenvalue weighted by Gasteiger charge is -2.34. The number of benzene rings is 1. The predicted molar refractivity (Wildman–Crippen MR) is 97.4 cm³/mol. The van der Waals surface area contributed by atoms with Crippen LogP contribution in [-0.2, 0) is 13.1 Å². The summed E-state index contributed by atoms with van der Waals surface area (Å²) in [6.45, 7) is 8.46. The molecule has 1 aromatic carbocycles. The molecule has 0 N–H and O–H groups in total. The van der Waals surface area contributed by atoms with Gasteiger partial charge in [-0.3, -0.25) is 4.79 Å². The second kappa shape index (κ2) is 6.96. The van der Waals surface area contributed by atoms with Gasteiger partial charge in [0.25, 0.3) is 5.91 Å². The maximum absolute atomic E-state index is 13.2. The van der Waals surface area contributed by atoms with Gasteiger partial charge in [-0.05, 0) is 32.6 Å². The van der Waals surface area contributed by atoms with E-state index in [4.69, 9.17) is 0 Å². The van der Waals surface area contributed by atoms with Crippen molar-refractivity contribution in [2.75, 3.05) is 20.6 Å². The number of hydrogen-bond acceptors (Lipinski definition) is 4. The smallest absolute Gasteiger partial charge is 0.254 e. The molecule has 1 aliphatic heterocycles. The third-order valence-corrected chi connectivity index (χ3v) is 4.73. The molecular formula is C19H27N5O. The fourth-order valence-electron chi connectivity index (χ4n) is 3.47. The van der Waals surface area contributed by atoms with Gasteiger partial charge in [-0.1, -0.05) is 32.0 Å². The Morgan fingerprint density at radius 1 is 1.24 bits per heavy atom. The van der Waals surface area contributed by atoms with Gasteiger partial charge >= 0.3 is 0 Å². The van der Waals surface area contributed by atoms with Crippen LogP contribution in [0.1, 0.15) is 60.3 Å². The Kier molecular flexibility index (Phi) is 4.90. The molecule has 0 saturated carbocycles. The molecule has 1 atom stereocenters. The molecule has 0 aliphatic carbocycles. The van der Waals surface area contributed by atoms with Crippen LogP contribution >= 0.6 is 0 Å². The van der Waals surface area contributed by atoms with E-state index in [1.165, 1.54) is 0 Å². The molecule has 6 heteroatoms. The van der Waals surface area contributed by atoms with Crippen molar-refractivity contribution in [3.05, 3.63) is 47.0 Å². The van der Waals surface area contributed by atoms with Crippen LogP contribution in [0.3, 0.4) is 0 Å². The molecule has 134 valence electrons. The van der Waals surface area contributed by atoms with Crippen LogP contribution in [0.25, 0.3) is 0 Å². The third kappa shape index (κ3) is 3.31. The van der Waals surface area contributed by atoms with E-state index in [0.29, 0.717) is 12.5 Å². The molecule has 0 spiro atoms. The van der Waals surface area contributed by atoms with Crippen LogP contribution in [0.15, 0.2) is 24.3 Å². The molecule has 1 aliphatic rings. The van der Waals surface area contributed by atoms with Crippen molar-refractivity contribution >= 4 is 5.91 Å². The highest BCUT2D eigenvalue weighted by atomic mass is 16.2. The second-order valence-electron chi connectivity index (χ2n) is 7.29. The number of nitrogens with zero attached hydrogens (tertiary/aromatic N) is 5. The number of carbonyl (C=O) groups excluding carboxylic acids is 1. The first-order chi connectivity index (χ1) is 11.9. The summed E-state index contributed by atoms with van der Waals surface area (Å²) in [5.74, 6) is 2.29. The van der Waals surface area contributed by atoms with Crippen molar-refractivity contribution in [2.24, 2.45) is 0 Å². The summed E-state index contributed by atoms with van der Waals surface area (Å²) in [5.41, 5.74) is 1.83. The Morgan fingerprint density at radius 2 is 1.96 bits per heavy atom. The zero-order valence-electron chi connectivity index (χ0n) is 15.7. The lowest BCUT2D eigenvalue weighted by molar-refractivity contribution is 0.0634. The normalized spacial score (nSPS) is 17.2. The first-order valence-corrected chi connectivity index (χ1v) is 8.86. The van der Waals surface area contributed by atoms with Gasteiger partial charge in [0.1, 0.15) is 5.82 Å². The molecule has 3 rings (SSSR count). The Morgan fingerprint density at radius 3 is 2.64 bits per heavy atom. The third-order valence-electron chi connectivity index (χ3n) is 4.73. The topological polar surface area (TPSA) is 54.3 Å². The quantitative estimate of drug-likeness (QED) is 0.858. The SMILES string of the molecule is CC(C)c1nnc2n1CCN(C(=O)c1ccccc1CN(C)C)C2C. The lowest BCUT2D eigenvalue weighted by atomic mass is 10.0. The van der Waals surface area contributed by atoms with Crippen LogP contribution in [-0.4, -0.2) is 51.1 Å². The van der Waals surface area contributed by atoms with E-state index in [-0.39, 0.29) is 11.9 Å². The van der Waals surface area contributed by atoms with E-state index < -0.39 is 0 Å². The number of amides is 1. The average molecular weight is 341 g/mol. The molecule has 25 heavy (non-hydrogen) atoms. The highest BCUT2D eigenvalue weighted by molar-refractivity contribution is 5.96. The zero-order valence-corrected chi connectivity index (χ0v) is 15.7. The maximum Gasteiger partial charge on any atom is 0.254 e. The minimum Gasteiger partial charge on any atom is -0.327 e. The molecule has 2 aromatic rings. The van der Waals surface area contributed by atoms with E-state index in [1.54, 1.807) is 0 Å². The highest BCUT2D eigenvalue weighted by Crippen LogP contribution is 2.28. The molecule has 0 saturated heterocycles. The summed E-state index contributed by atoms with van der Waals surface area (Å²) >= 11 is 0. The molecule has 1 unspecified atom stereocenters. The summed E-state index contributed by atoms with van der Waals surface area (Å²) in [6, 6.07) is 7.79. The largest absolute Gasteiger partial charge is 0.327 e. The van der Waals surface area contributed by atoms with E-state index >= 15 is 0 Å². The van der Waals surface area contributed by atoms with Gasteiger partial charge in [0, 0.05) is 31.1 Å². The summed E-state index contributed by atoms with van der Waals surface area (Å²) in [4.78, 5) is 17.2. The summed E-state index contributed by atoms with van der Waals surface area (Å²) in [6.07, 6.45) is 0. The summed E-state index contributed by atoms with van der Waals surface area (Å²) in [7, 11) is 4.03. The highest BCUT2D eigenvalue weighted by Gasteiger charge is 2.32. The average Bonchev–Trinajstić information content (AvgIpc) is 3.00. The molecule has 1 amide bonds. The first-order valence-electron chi connectivity index (χ1n) is 8.86. The van der Waals surface area contributed by atoms with Crippen molar-refractivity contribution in [2.45, 2.75) is 45.8 Å². The molecule has 6 nitrogen and oxygen atoms in total. The minimum atomic E-state index is -0.0753. The van der Waals surface area contributed by atoms with Gasteiger partial charge in [-0.15, -0.1) is 10.2 Å².